The maximum atomic E-state index is 13.6. The molecule has 0 saturated carbocycles. The molecule has 2 N–H and O–H groups in total. The van der Waals surface area contributed by atoms with E-state index in [0.717, 1.165) is 18.2 Å². The number of para-hydroxylation sites is 2. The molecule has 0 aliphatic heterocycles. The number of carbonyl (C=O) groups is 1. The first kappa shape index (κ1) is 18.5. The van der Waals surface area contributed by atoms with Crippen molar-refractivity contribution in [3.8, 4) is 5.69 Å². The van der Waals surface area contributed by atoms with Gasteiger partial charge in [0, 0.05) is 6.54 Å². The molecule has 1 heterocycles. The van der Waals surface area contributed by atoms with Crippen LogP contribution in [0.4, 0.5) is 19.3 Å². The topological polar surface area (TPSA) is 71.8 Å². The van der Waals surface area contributed by atoms with Gasteiger partial charge in [-0.2, -0.15) is 5.10 Å². The number of nitrogens with zero attached hydrogens (tertiary/aromatic N) is 3. The Bertz CT molecular complexity index is 970. The highest BCUT2D eigenvalue weighted by molar-refractivity contribution is 5.91. The van der Waals surface area contributed by atoms with E-state index in [4.69, 9.17) is 0 Å². The number of aromatic nitrogens is 3. The smallest absolute Gasteiger partial charge is 0.319 e. The lowest BCUT2D eigenvalue weighted by Crippen LogP contribution is -2.31. The van der Waals surface area contributed by atoms with Crippen LogP contribution >= 0.6 is 0 Å². The Morgan fingerprint density at radius 3 is 2.67 bits per heavy atom. The first-order chi connectivity index (χ1) is 12.9. The van der Waals surface area contributed by atoms with E-state index in [1.807, 2.05) is 19.1 Å². The molecule has 1 aromatic heterocycles. The Morgan fingerprint density at radius 1 is 1.15 bits per heavy atom. The summed E-state index contributed by atoms with van der Waals surface area (Å²) in [4.78, 5) is 16.5. The van der Waals surface area contributed by atoms with Gasteiger partial charge >= 0.3 is 6.03 Å². The fraction of sp³-hybridized carbons (Fsp3) is 0.211. The van der Waals surface area contributed by atoms with E-state index < -0.39 is 17.7 Å². The summed E-state index contributed by atoms with van der Waals surface area (Å²) in [5.74, 6) is 0.317. The summed E-state index contributed by atoms with van der Waals surface area (Å²) in [7, 11) is 0. The molecule has 8 heteroatoms. The molecule has 3 aromatic rings. The number of urea groups is 1. The number of nitrogens with one attached hydrogen (secondary N) is 2. The average Bonchev–Trinajstić information content (AvgIpc) is 2.96. The number of benzene rings is 2. The summed E-state index contributed by atoms with van der Waals surface area (Å²) >= 11 is 0. The van der Waals surface area contributed by atoms with Gasteiger partial charge in [-0.3, -0.25) is 0 Å². The van der Waals surface area contributed by atoms with Crippen molar-refractivity contribution in [2.75, 3.05) is 11.9 Å². The molecule has 0 aliphatic carbocycles. The molecule has 0 saturated heterocycles. The molecule has 6 nitrogen and oxygen atoms in total. The van der Waals surface area contributed by atoms with Gasteiger partial charge < -0.3 is 10.6 Å². The Hall–Kier alpha value is -3.29. The van der Waals surface area contributed by atoms with Crippen molar-refractivity contribution in [2.45, 2.75) is 20.3 Å². The maximum absolute atomic E-state index is 13.6. The molecule has 27 heavy (non-hydrogen) atoms. The van der Waals surface area contributed by atoms with Crippen molar-refractivity contribution in [1.29, 1.82) is 0 Å². The molecule has 0 unspecified atom stereocenters. The van der Waals surface area contributed by atoms with E-state index in [0.29, 0.717) is 23.0 Å². The van der Waals surface area contributed by atoms with Gasteiger partial charge in [-0.1, -0.05) is 12.1 Å². The molecule has 3 rings (SSSR count). The van der Waals surface area contributed by atoms with Gasteiger partial charge in [0.2, 0.25) is 0 Å². The van der Waals surface area contributed by atoms with E-state index in [9.17, 15) is 13.6 Å². The summed E-state index contributed by atoms with van der Waals surface area (Å²) in [5.41, 5.74) is 1.45. The number of carbonyl (C=O) groups excluding carboxylic acids is 1. The molecular formula is C19H19F2N5O. The summed E-state index contributed by atoms with van der Waals surface area (Å²) in [6, 6.07) is 10.00. The van der Waals surface area contributed by atoms with Crippen LogP contribution in [0.15, 0.2) is 42.5 Å². The van der Waals surface area contributed by atoms with Crippen molar-refractivity contribution in [2.24, 2.45) is 0 Å². The van der Waals surface area contributed by atoms with Crippen molar-refractivity contribution in [3.05, 3.63) is 71.3 Å². The predicted octanol–water partition coefficient (Wildman–Crippen LogP) is 3.53. The zero-order chi connectivity index (χ0) is 19.4. The van der Waals surface area contributed by atoms with Crippen LogP contribution in [0.5, 0.6) is 0 Å². The molecule has 2 amide bonds. The third kappa shape index (κ3) is 4.46. The maximum Gasteiger partial charge on any atom is 0.319 e. The third-order valence-electron chi connectivity index (χ3n) is 3.94. The molecule has 0 spiro atoms. The predicted molar refractivity (Wildman–Crippen MR) is 97.9 cm³/mol. The normalized spacial score (nSPS) is 10.7. The van der Waals surface area contributed by atoms with Gasteiger partial charge in [-0.25, -0.2) is 23.2 Å². The number of hydrogen-bond donors (Lipinski definition) is 2. The monoisotopic (exact) mass is 371 g/mol. The fourth-order valence-corrected chi connectivity index (χ4v) is 2.73. The molecule has 0 bridgehead atoms. The first-order valence-corrected chi connectivity index (χ1v) is 8.42. The molecular weight excluding hydrogens is 352 g/mol. The second-order valence-corrected chi connectivity index (χ2v) is 6.00. The fourth-order valence-electron chi connectivity index (χ4n) is 2.73. The summed E-state index contributed by atoms with van der Waals surface area (Å²) in [5, 5.41) is 9.72. The number of rotatable bonds is 5. The van der Waals surface area contributed by atoms with Crippen LogP contribution in [0.25, 0.3) is 5.69 Å². The third-order valence-corrected chi connectivity index (χ3v) is 3.94. The molecule has 0 atom stereocenters. The minimum Gasteiger partial charge on any atom is -0.338 e. The van der Waals surface area contributed by atoms with Crippen molar-refractivity contribution in [3.63, 3.8) is 0 Å². The molecule has 2 aromatic carbocycles. The number of aryl methyl sites for hydroxylation is 2. The van der Waals surface area contributed by atoms with Crippen molar-refractivity contribution in [1.82, 2.24) is 20.1 Å². The van der Waals surface area contributed by atoms with Gasteiger partial charge in [0.05, 0.1) is 11.4 Å². The second-order valence-electron chi connectivity index (χ2n) is 6.00. The van der Waals surface area contributed by atoms with Crippen LogP contribution in [0.2, 0.25) is 0 Å². The van der Waals surface area contributed by atoms with Gasteiger partial charge in [0.1, 0.15) is 23.3 Å². The van der Waals surface area contributed by atoms with Crippen molar-refractivity contribution < 1.29 is 13.6 Å². The summed E-state index contributed by atoms with van der Waals surface area (Å²) in [6.45, 7) is 3.78. The standard InChI is InChI=1S/C19H19F2N5O/c1-12-23-13(2)26(25-12)18-6-4-3-5-17(18)24-19(27)22-10-9-14-11-15(20)7-8-16(14)21/h3-8,11H,9-10H2,1-2H3,(H2,22,24,27). The highest BCUT2D eigenvalue weighted by Crippen LogP contribution is 2.20. The van der Waals surface area contributed by atoms with Crippen LogP contribution in [-0.4, -0.2) is 27.3 Å². The van der Waals surface area contributed by atoms with Crippen LogP contribution in [0, 0.1) is 25.5 Å². The van der Waals surface area contributed by atoms with Gasteiger partial charge in [0.25, 0.3) is 0 Å². The number of halogens is 2. The van der Waals surface area contributed by atoms with Crippen LogP contribution in [0.3, 0.4) is 0 Å². The molecule has 0 fully saturated rings. The van der Waals surface area contributed by atoms with E-state index in [-0.39, 0.29) is 18.5 Å². The van der Waals surface area contributed by atoms with Crippen LogP contribution < -0.4 is 10.6 Å². The Balaban J connectivity index is 1.65. The average molecular weight is 371 g/mol. The lowest BCUT2D eigenvalue weighted by Gasteiger charge is -2.12. The SMILES string of the molecule is Cc1nc(C)n(-c2ccccc2NC(=O)NCCc2cc(F)ccc2F)n1. The molecule has 140 valence electrons. The quantitative estimate of drug-likeness (QED) is 0.721. The van der Waals surface area contributed by atoms with Crippen molar-refractivity contribution >= 4 is 11.7 Å². The minimum atomic E-state index is -0.511. The first-order valence-electron chi connectivity index (χ1n) is 8.42. The lowest BCUT2D eigenvalue weighted by molar-refractivity contribution is 0.252. The zero-order valence-corrected chi connectivity index (χ0v) is 15.0. The zero-order valence-electron chi connectivity index (χ0n) is 15.0. The highest BCUT2D eigenvalue weighted by atomic mass is 19.1. The summed E-state index contributed by atoms with van der Waals surface area (Å²) < 4.78 is 28.4. The number of anilines is 1. The molecule has 0 aliphatic rings. The van der Waals surface area contributed by atoms with E-state index >= 15 is 0 Å². The van der Waals surface area contributed by atoms with Gasteiger partial charge in [0.15, 0.2) is 0 Å². The Labute approximate surface area is 155 Å². The Kier molecular flexibility index (Phi) is 5.44. The molecule has 0 radical (unpaired) electrons. The minimum absolute atomic E-state index is 0.163. The highest BCUT2D eigenvalue weighted by Gasteiger charge is 2.12. The Morgan fingerprint density at radius 2 is 1.93 bits per heavy atom. The van der Waals surface area contributed by atoms with E-state index in [1.165, 1.54) is 0 Å². The number of hydrogen-bond acceptors (Lipinski definition) is 3. The summed E-state index contributed by atoms with van der Waals surface area (Å²) in [6.07, 6.45) is 0.181. The van der Waals surface area contributed by atoms with Crippen LogP contribution in [-0.2, 0) is 6.42 Å². The van der Waals surface area contributed by atoms with E-state index in [2.05, 4.69) is 20.7 Å². The second kappa shape index (κ2) is 7.94. The largest absolute Gasteiger partial charge is 0.338 e. The van der Waals surface area contributed by atoms with Gasteiger partial charge in [-0.15, -0.1) is 0 Å². The van der Waals surface area contributed by atoms with E-state index in [1.54, 1.807) is 23.7 Å². The lowest BCUT2D eigenvalue weighted by atomic mass is 10.1. The van der Waals surface area contributed by atoms with Crippen LogP contribution in [0.1, 0.15) is 17.2 Å². The van der Waals surface area contributed by atoms with Gasteiger partial charge in [-0.05, 0) is 56.2 Å². The number of amides is 2.